The van der Waals surface area contributed by atoms with Gasteiger partial charge >= 0.3 is 18.0 Å². The van der Waals surface area contributed by atoms with E-state index in [0.717, 1.165) is 10.1 Å². The molecule has 126 valence electrons. The van der Waals surface area contributed by atoms with Crippen molar-refractivity contribution in [1.29, 1.82) is 0 Å². The number of hydrogen-bond acceptors (Lipinski definition) is 5. The molecule has 0 aliphatic carbocycles. The largest absolute Gasteiger partial charge is 0.480 e. The van der Waals surface area contributed by atoms with E-state index < -0.39 is 24.0 Å². The number of esters is 1. The Morgan fingerprint density at radius 2 is 2.00 bits per heavy atom. The lowest BCUT2D eigenvalue weighted by atomic mass is 10.1. The van der Waals surface area contributed by atoms with Gasteiger partial charge in [0, 0.05) is 18.8 Å². The van der Waals surface area contributed by atoms with E-state index in [1.165, 1.54) is 18.7 Å². The summed E-state index contributed by atoms with van der Waals surface area (Å²) in [5.74, 6) is -1.75. The number of nitrogens with zero attached hydrogens (tertiary/aromatic N) is 2. The van der Waals surface area contributed by atoms with Crippen LogP contribution in [0.4, 0.5) is 4.79 Å². The number of rotatable bonds is 7. The van der Waals surface area contributed by atoms with Gasteiger partial charge in [-0.25, -0.2) is 14.6 Å². The molecule has 0 aliphatic rings. The van der Waals surface area contributed by atoms with E-state index in [4.69, 9.17) is 9.84 Å². The van der Waals surface area contributed by atoms with Crippen molar-refractivity contribution in [2.45, 2.75) is 25.5 Å². The Bertz CT molecular complexity index is 685. The van der Waals surface area contributed by atoms with Gasteiger partial charge in [-0.3, -0.25) is 9.36 Å². The highest BCUT2D eigenvalue weighted by atomic mass is 16.5. The molecule has 8 heteroatoms. The number of aliphatic carboxylic acids is 1. The highest BCUT2D eigenvalue weighted by molar-refractivity contribution is 5.84. The van der Waals surface area contributed by atoms with Crippen LogP contribution in [0.1, 0.15) is 18.4 Å². The van der Waals surface area contributed by atoms with E-state index in [-0.39, 0.29) is 19.4 Å². The van der Waals surface area contributed by atoms with Crippen LogP contribution < -0.4 is 5.32 Å². The molecule has 0 bridgehead atoms. The van der Waals surface area contributed by atoms with Crippen LogP contribution in [0.25, 0.3) is 0 Å². The van der Waals surface area contributed by atoms with E-state index in [9.17, 15) is 14.4 Å². The third-order valence-electron chi connectivity index (χ3n) is 3.21. The first kappa shape index (κ1) is 17.2. The third kappa shape index (κ3) is 5.24. The molecule has 24 heavy (non-hydrogen) atoms. The lowest BCUT2D eigenvalue weighted by molar-refractivity contribution is -0.145. The molecule has 1 aromatic heterocycles. The van der Waals surface area contributed by atoms with Crippen LogP contribution in [0.5, 0.6) is 0 Å². The van der Waals surface area contributed by atoms with Crippen molar-refractivity contribution >= 4 is 18.0 Å². The summed E-state index contributed by atoms with van der Waals surface area (Å²) in [6.45, 7) is 0.124. The zero-order valence-electron chi connectivity index (χ0n) is 12.8. The first-order valence-corrected chi connectivity index (χ1v) is 7.27. The number of ether oxygens (including phenoxy) is 1. The van der Waals surface area contributed by atoms with Crippen molar-refractivity contribution in [2.24, 2.45) is 0 Å². The number of benzene rings is 1. The van der Waals surface area contributed by atoms with Crippen LogP contribution >= 0.6 is 0 Å². The zero-order chi connectivity index (χ0) is 17.4. The van der Waals surface area contributed by atoms with E-state index in [1.807, 2.05) is 30.3 Å². The van der Waals surface area contributed by atoms with Crippen LogP contribution in [-0.4, -0.2) is 38.7 Å². The summed E-state index contributed by atoms with van der Waals surface area (Å²) >= 11 is 0. The summed E-state index contributed by atoms with van der Waals surface area (Å²) in [6, 6.07) is 7.33. The van der Waals surface area contributed by atoms with E-state index in [1.54, 1.807) is 0 Å². The molecule has 0 aliphatic heterocycles. The molecule has 1 heterocycles. The molecule has 0 radical (unpaired) electrons. The molecule has 2 aromatic rings. The Morgan fingerprint density at radius 3 is 2.62 bits per heavy atom. The quantitative estimate of drug-likeness (QED) is 0.742. The van der Waals surface area contributed by atoms with Gasteiger partial charge in [-0.05, 0) is 12.0 Å². The van der Waals surface area contributed by atoms with Crippen LogP contribution in [0.15, 0.2) is 49.1 Å². The summed E-state index contributed by atoms with van der Waals surface area (Å²) in [5.41, 5.74) is 0.842. The molecule has 2 rings (SSSR count). The molecule has 1 atom stereocenters. The van der Waals surface area contributed by atoms with Gasteiger partial charge in [0.05, 0.1) is 0 Å². The summed E-state index contributed by atoms with van der Waals surface area (Å²) in [4.78, 5) is 38.4. The van der Waals surface area contributed by atoms with Crippen molar-refractivity contribution in [3.63, 3.8) is 0 Å². The molecule has 0 fully saturated rings. The van der Waals surface area contributed by atoms with Crippen molar-refractivity contribution in [2.75, 3.05) is 0 Å². The lowest BCUT2D eigenvalue weighted by Gasteiger charge is -2.14. The Morgan fingerprint density at radius 1 is 1.25 bits per heavy atom. The number of carboxylic acids is 1. The fourth-order valence-electron chi connectivity index (χ4n) is 1.93. The summed E-state index contributed by atoms with van der Waals surface area (Å²) in [7, 11) is 0. The minimum atomic E-state index is -1.22. The highest BCUT2D eigenvalue weighted by Crippen LogP contribution is 2.05. The van der Waals surface area contributed by atoms with Crippen LogP contribution in [0, 0.1) is 0 Å². The number of carbonyl (C=O) groups is 3. The summed E-state index contributed by atoms with van der Waals surface area (Å²) in [5, 5.41) is 11.5. The van der Waals surface area contributed by atoms with Crippen LogP contribution in [0.2, 0.25) is 0 Å². The molecule has 0 spiro atoms. The van der Waals surface area contributed by atoms with E-state index in [2.05, 4.69) is 10.3 Å². The van der Waals surface area contributed by atoms with E-state index >= 15 is 0 Å². The van der Waals surface area contributed by atoms with Crippen LogP contribution in [0.3, 0.4) is 0 Å². The third-order valence-corrected chi connectivity index (χ3v) is 3.21. The highest BCUT2D eigenvalue weighted by Gasteiger charge is 2.22. The van der Waals surface area contributed by atoms with Crippen molar-refractivity contribution in [3.8, 4) is 0 Å². The minimum absolute atomic E-state index is 0.0661. The SMILES string of the molecule is O=C(CC[C@H](NC(=O)n1ccnc1)C(=O)O)OCc1ccccc1. The van der Waals surface area contributed by atoms with E-state index in [0.29, 0.717) is 0 Å². The van der Waals surface area contributed by atoms with Gasteiger partial charge in [-0.1, -0.05) is 30.3 Å². The van der Waals surface area contributed by atoms with Gasteiger partial charge < -0.3 is 15.2 Å². The molecular formula is C16H17N3O5. The molecular weight excluding hydrogens is 314 g/mol. The topological polar surface area (TPSA) is 111 Å². The summed E-state index contributed by atoms with van der Waals surface area (Å²) in [6.07, 6.45) is 3.86. The Hall–Kier alpha value is -3.16. The molecule has 2 N–H and O–H groups in total. The predicted molar refractivity (Wildman–Crippen MR) is 83.1 cm³/mol. The van der Waals surface area contributed by atoms with Gasteiger partial charge in [0.1, 0.15) is 19.0 Å². The number of amides is 1. The Labute approximate surface area is 138 Å². The van der Waals surface area contributed by atoms with Gasteiger partial charge in [0.15, 0.2) is 0 Å². The number of hydrogen-bond donors (Lipinski definition) is 2. The fourth-order valence-corrected chi connectivity index (χ4v) is 1.93. The Balaban J connectivity index is 1.79. The maximum atomic E-state index is 11.8. The molecule has 0 saturated carbocycles. The average molecular weight is 331 g/mol. The number of nitrogens with one attached hydrogen (secondary N) is 1. The van der Waals surface area contributed by atoms with Crippen LogP contribution in [-0.2, 0) is 20.9 Å². The average Bonchev–Trinajstić information content (AvgIpc) is 3.12. The summed E-state index contributed by atoms with van der Waals surface area (Å²) < 4.78 is 6.19. The van der Waals surface area contributed by atoms with Crippen molar-refractivity contribution in [1.82, 2.24) is 14.9 Å². The molecule has 0 unspecified atom stereocenters. The second-order valence-electron chi connectivity index (χ2n) is 5.00. The number of carboxylic acid groups (broad SMARTS) is 1. The van der Waals surface area contributed by atoms with Gasteiger partial charge in [-0.2, -0.15) is 0 Å². The van der Waals surface area contributed by atoms with Gasteiger partial charge in [-0.15, -0.1) is 0 Å². The van der Waals surface area contributed by atoms with Crippen molar-refractivity contribution < 1.29 is 24.2 Å². The maximum Gasteiger partial charge on any atom is 0.327 e. The fraction of sp³-hybridized carbons (Fsp3) is 0.250. The Kier molecular flexibility index (Phi) is 6.07. The number of imidazole rings is 1. The maximum absolute atomic E-state index is 11.8. The first-order valence-electron chi connectivity index (χ1n) is 7.27. The van der Waals surface area contributed by atoms with Crippen molar-refractivity contribution in [3.05, 3.63) is 54.6 Å². The second kappa shape index (κ2) is 8.47. The standard InChI is InChI=1S/C16H17N3O5/c20-14(24-10-12-4-2-1-3-5-12)7-6-13(15(21)22)18-16(23)19-9-8-17-11-19/h1-5,8-9,11,13H,6-7,10H2,(H,18,23)(H,21,22)/t13-/m0/s1. The monoisotopic (exact) mass is 331 g/mol. The number of aromatic nitrogens is 2. The van der Waals surface area contributed by atoms with Gasteiger partial charge in [0.2, 0.25) is 0 Å². The molecule has 1 amide bonds. The molecule has 0 saturated heterocycles. The minimum Gasteiger partial charge on any atom is -0.480 e. The number of carbonyl (C=O) groups excluding carboxylic acids is 2. The zero-order valence-corrected chi connectivity index (χ0v) is 12.8. The normalized spacial score (nSPS) is 11.5. The molecule has 8 nitrogen and oxygen atoms in total. The predicted octanol–water partition coefficient (Wildman–Crippen LogP) is 1.42. The molecule has 1 aromatic carbocycles. The first-order chi connectivity index (χ1) is 11.6. The van der Waals surface area contributed by atoms with Gasteiger partial charge in [0.25, 0.3) is 0 Å². The second-order valence-corrected chi connectivity index (χ2v) is 5.00. The smallest absolute Gasteiger partial charge is 0.327 e. The lowest BCUT2D eigenvalue weighted by Crippen LogP contribution is -2.42.